The molecule has 8 heteroatoms. The van der Waals surface area contributed by atoms with Crippen LogP contribution in [0.5, 0.6) is 0 Å². The van der Waals surface area contributed by atoms with Gasteiger partial charge in [-0.1, -0.05) is 41.9 Å². The maximum absolute atomic E-state index is 13.3. The van der Waals surface area contributed by atoms with Gasteiger partial charge in [-0.15, -0.1) is 0 Å². The maximum atomic E-state index is 13.3. The third-order valence-corrected chi connectivity index (χ3v) is 4.96. The van der Waals surface area contributed by atoms with Gasteiger partial charge in [-0.2, -0.15) is 0 Å². The van der Waals surface area contributed by atoms with E-state index >= 15 is 0 Å². The van der Waals surface area contributed by atoms with Gasteiger partial charge in [0.05, 0.1) is 6.54 Å². The molecule has 0 saturated heterocycles. The molecule has 2 N–H and O–H groups in total. The van der Waals surface area contributed by atoms with Crippen LogP contribution in [-0.2, 0) is 16.1 Å². The lowest BCUT2D eigenvalue weighted by Crippen LogP contribution is -2.42. The van der Waals surface area contributed by atoms with Crippen LogP contribution >= 0.6 is 11.6 Å². The number of carbonyl (C=O) groups excluding carboxylic acids is 3. The van der Waals surface area contributed by atoms with Crippen LogP contribution in [0.4, 0.5) is 10.1 Å². The van der Waals surface area contributed by atoms with Crippen molar-refractivity contribution in [2.24, 2.45) is 0 Å². The number of nitrogens with zero attached hydrogens (tertiary/aromatic N) is 1. The Kier molecular flexibility index (Phi) is 8.16. The van der Waals surface area contributed by atoms with Crippen LogP contribution < -0.4 is 10.6 Å². The van der Waals surface area contributed by atoms with Crippen molar-refractivity contribution in [2.75, 3.05) is 18.4 Å². The zero-order valence-corrected chi connectivity index (χ0v) is 18.7. The lowest BCUT2D eigenvalue weighted by Gasteiger charge is -2.22. The molecule has 0 aliphatic rings. The molecular formula is C25H23ClFN3O3. The van der Waals surface area contributed by atoms with E-state index in [9.17, 15) is 18.8 Å². The molecule has 0 atom stereocenters. The highest BCUT2D eigenvalue weighted by Crippen LogP contribution is 2.15. The van der Waals surface area contributed by atoms with E-state index in [2.05, 4.69) is 10.6 Å². The Labute approximate surface area is 196 Å². The van der Waals surface area contributed by atoms with Gasteiger partial charge in [0, 0.05) is 22.8 Å². The van der Waals surface area contributed by atoms with Gasteiger partial charge in [-0.05, 0) is 60.5 Å². The summed E-state index contributed by atoms with van der Waals surface area (Å²) in [6.45, 7) is 1.45. The molecule has 0 aliphatic carbocycles. The van der Waals surface area contributed by atoms with Crippen molar-refractivity contribution in [3.63, 3.8) is 0 Å². The van der Waals surface area contributed by atoms with Crippen molar-refractivity contribution in [3.05, 3.63) is 100 Å². The van der Waals surface area contributed by atoms with Gasteiger partial charge in [0.2, 0.25) is 11.8 Å². The van der Waals surface area contributed by atoms with Gasteiger partial charge in [0.1, 0.15) is 12.4 Å². The van der Waals surface area contributed by atoms with Crippen LogP contribution in [-0.4, -0.2) is 35.7 Å². The average molecular weight is 468 g/mol. The van der Waals surface area contributed by atoms with Crippen molar-refractivity contribution in [3.8, 4) is 0 Å². The summed E-state index contributed by atoms with van der Waals surface area (Å²) in [4.78, 5) is 39.1. The summed E-state index contributed by atoms with van der Waals surface area (Å²) in [5.41, 5.74) is 2.59. The lowest BCUT2D eigenvalue weighted by molar-refractivity contribution is -0.124. The number of nitrogens with one attached hydrogen (secondary N) is 2. The summed E-state index contributed by atoms with van der Waals surface area (Å²) in [5, 5.41) is 5.63. The quantitative estimate of drug-likeness (QED) is 0.521. The van der Waals surface area contributed by atoms with Crippen molar-refractivity contribution >= 4 is 35.0 Å². The van der Waals surface area contributed by atoms with Crippen LogP contribution in [0.15, 0.2) is 72.8 Å². The largest absolute Gasteiger partial charge is 0.345 e. The molecule has 0 saturated carbocycles. The fourth-order valence-corrected chi connectivity index (χ4v) is 3.34. The van der Waals surface area contributed by atoms with Gasteiger partial charge in [0.25, 0.3) is 5.91 Å². The van der Waals surface area contributed by atoms with E-state index in [1.165, 1.54) is 23.1 Å². The first-order valence-electron chi connectivity index (χ1n) is 10.2. The number of hydrogen-bond acceptors (Lipinski definition) is 3. The molecular weight excluding hydrogens is 445 g/mol. The zero-order valence-electron chi connectivity index (χ0n) is 18.0. The summed E-state index contributed by atoms with van der Waals surface area (Å²) < 4.78 is 13.3. The van der Waals surface area contributed by atoms with Crippen LogP contribution in [0.1, 0.15) is 21.5 Å². The van der Waals surface area contributed by atoms with Crippen molar-refractivity contribution in [2.45, 2.75) is 13.5 Å². The SMILES string of the molecule is Cc1cccc(NC(=O)CNC(=O)CN(Cc2ccc(F)cc2)C(=O)c2cccc(Cl)c2)c1. The first kappa shape index (κ1) is 23.9. The van der Waals surface area contributed by atoms with E-state index in [0.717, 1.165) is 5.56 Å². The predicted octanol–water partition coefficient (Wildman–Crippen LogP) is 4.18. The predicted molar refractivity (Wildman–Crippen MR) is 125 cm³/mol. The highest BCUT2D eigenvalue weighted by molar-refractivity contribution is 6.31. The van der Waals surface area contributed by atoms with Crippen LogP contribution in [0.3, 0.4) is 0 Å². The molecule has 170 valence electrons. The second kappa shape index (κ2) is 11.2. The minimum atomic E-state index is -0.508. The molecule has 0 heterocycles. The third-order valence-electron chi connectivity index (χ3n) is 4.73. The van der Waals surface area contributed by atoms with E-state index in [4.69, 9.17) is 11.6 Å². The summed E-state index contributed by atoms with van der Waals surface area (Å²) in [5.74, 6) is -1.71. The Morgan fingerprint density at radius 3 is 2.36 bits per heavy atom. The summed E-state index contributed by atoms with van der Waals surface area (Å²) in [6.07, 6.45) is 0. The minimum Gasteiger partial charge on any atom is -0.345 e. The summed E-state index contributed by atoms with van der Waals surface area (Å²) in [7, 11) is 0. The molecule has 3 rings (SSSR count). The standard InChI is InChI=1S/C25H23ClFN3O3/c1-17-4-2-7-22(12-17)29-23(31)14-28-24(32)16-30(15-18-8-10-21(27)11-9-18)25(33)19-5-3-6-20(26)13-19/h2-13H,14-16H2,1H3,(H,28,32)(H,29,31). The van der Waals surface area contributed by atoms with E-state index in [1.807, 2.05) is 25.1 Å². The molecule has 3 amide bonds. The van der Waals surface area contributed by atoms with Gasteiger partial charge in [-0.3, -0.25) is 14.4 Å². The molecule has 0 unspecified atom stereocenters. The fourth-order valence-electron chi connectivity index (χ4n) is 3.15. The van der Waals surface area contributed by atoms with E-state index in [-0.39, 0.29) is 25.5 Å². The number of rotatable bonds is 8. The number of anilines is 1. The zero-order chi connectivity index (χ0) is 23.8. The molecule has 0 radical (unpaired) electrons. The topological polar surface area (TPSA) is 78.5 Å². The summed E-state index contributed by atoms with van der Waals surface area (Å²) >= 11 is 6.00. The Hall–Kier alpha value is -3.71. The number of hydrogen-bond donors (Lipinski definition) is 2. The molecule has 0 aliphatic heterocycles. The molecule has 33 heavy (non-hydrogen) atoms. The molecule has 0 fully saturated rings. The van der Waals surface area contributed by atoms with Crippen LogP contribution in [0.25, 0.3) is 0 Å². The lowest BCUT2D eigenvalue weighted by atomic mass is 10.1. The van der Waals surface area contributed by atoms with Crippen molar-refractivity contribution < 1.29 is 18.8 Å². The summed E-state index contributed by atoms with van der Waals surface area (Å²) in [6, 6.07) is 19.3. The normalized spacial score (nSPS) is 10.4. The van der Waals surface area contributed by atoms with Gasteiger partial charge >= 0.3 is 0 Å². The molecule has 6 nitrogen and oxygen atoms in total. The number of aryl methyl sites for hydroxylation is 1. The number of halogens is 2. The molecule has 3 aromatic carbocycles. The van der Waals surface area contributed by atoms with Crippen LogP contribution in [0.2, 0.25) is 5.02 Å². The van der Waals surface area contributed by atoms with Crippen molar-refractivity contribution in [1.82, 2.24) is 10.2 Å². The Bertz CT molecular complexity index is 1150. The van der Waals surface area contributed by atoms with E-state index in [1.54, 1.807) is 36.4 Å². The molecule has 0 spiro atoms. The highest BCUT2D eigenvalue weighted by atomic mass is 35.5. The van der Waals surface area contributed by atoms with Gasteiger partial charge in [-0.25, -0.2) is 4.39 Å². The number of benzene rings is 3. The van der Waals surface area contributed by atoms with Gasteiger partial charge in [0.15, 0.2) is 0 Å². The average Bonchev–Trinajstić information content (AvgIpc) is 2.78. The molecule has 0 aromatic heterocycles. The minimum absolute atomic E-state index is 0.0779. The molecule has 0 bridgehead atoms. The third kappa shape index (κ3) is 7.43. The smallest absolute Gasteiger partial charge is 0.254 e. The first-order valence-corrected chi connectivity index (χ1v) is 10.6. The van der Waals surface area contributed by atoms with Gasteiger partial charge < -0.3 is 15.5 Å². The monoisotopic (exact) mass is 467 g/mol. The van der Waals surface area contributed by atoms with E-state index < -0.39 is 17.6 Å². The Morgan fingerprint density at radius 2 is 1.67 bits per heavy atom. The first-order chi connectivity index (χ1) is 15.8. The maximum Gasteiger partial charge on any atom is 0.254 e. The number of carbonyl (C=O) groups is 3. The number of amides is 3. The highest BCUT2D eigenvalue weighted by Gasteiger charge is 2.20. The second-order valence-corrected chi connectivity index (χ2v) is 7.93. The fraction of sp³-hybridized carbons (Fsp3) is 0.160. The Morgan fingerprint density at radius 1 is 0.939 bits per heavy atom. The Balaban J connectivity index is 1.65. The second-order valence-electron chi connectivity index (χ2n) is 7.49. The van der Waals surface area contributed by atoms with Crippen molar-refractivity contribution in [1.29, 1.82) is 0 Å². The van der Waals surface area contributed by atoms with E-state index in [0.29, 0.717) is 21.8 Å². The molecule has 3 aromatic rings. The van der Waals surface area contributed by atoms with Crippen LogP contribution in [0, 0.1) is 12.7 Å².